The van der Waals surface area contributed by atoms with Gasteiger partial charge in [0.15, 0.2) is 0 Å². The van der Waals surface area contributed by atoms with Crippen molar-refractivity contribution < 1.29 is 13.9 Å². The molecule has 0 aliphatic heterocycles. The van der Waals surface area contributed by atoms with E-state index in [1.54, 1.807) is 0 Å². The molecule has 66 valence electrons. The second-order valence-corrected chi connectivity index (χ2v) is 3.07. The number of hydrogen-bond donors (Lipinski definition) is 1. The van der Waals surface area contributed by atoms with Crippen LogP contribution in [0.2, 0.25) is 0 Å². The zero-order valence-corrected chi connectivity index (χ0v) is 7.55. The van der Waals surface area contributed by atoms with Gasteiger partial charge in [0, 0.05) is 22.4 Å². The van der Waals surface area contributed by atoms with Crippen molar-refractivity contribution in [1.82, 2.24) is 4.98 Å². The lowest BCUT2D eigenvalue weighted by Gasteiger charge is -2.14. The average molecular weight is 238 g/mol. The molecule has 0 radical (unpaired) electrons. The summed E-state index contributed by atoms with van der Waals surface area (Å²) in [4.78, 5) is 3.63. The first kappa shape index (κ1) is 9.54. The van der Waals surface area contributed by atoms with Crippen LogP contribution in [0.4, 0.5) is 8.78 Å². The Morgan fingerprint density at radius 1 is 1.58 bits per heavy atom. The minimum absolute atomic E-state index is 0.198. The minimum atomic E-state index is -3.21. The zero-order chi connectivity index (χ0) is 9.19. The molecule has 1 N–H and O–H groups in total. The molecule has 0 amide bonds. The summed E-state index contributed by atoms with van der Waals surface area (Å²) in [7, 11) is 0. The van der Waals surface area contributed by atoms with Crippen molar-refractivity contribution >= 4 is 15.9 Å². The highest BCUT2D eigenvalue weighted by Crippen LogP contribution is 2.31. The quantitative estimate of drug-likeness (QED) is 0.853. The number of rotatable bonds is 2. The molecule has 0 unspecified atom stereocenters. The van der Waals surface area contributed by atoms with E-state index in [2.05, 4.69) is 20.9 Å². The number of nitrogens with zero attached hydrogens (tertiary/aromatic N) is 1. The minimum Gasteiger partial charge on any atom is -0.390 e. The Labute approximate surface area is 76.4 Å². The van der Waals surface area contributed by atoms with Crippen molar-refractivity contribution in [2.45, 2.75) is 5.92 Å². The number of pyridine rings is 1. The molecule has 1 heterocycles. The summed E-state index contributed by atoms with van der Waals surface area (Å²) in [5.41, 5.74) is -0.250. The SMILES string of the molecule is OCC(F)(F)c1ccncc1Br. The molecule has 1 rings (SSSR count). The number of aliphatic hydroxyl groups excluding tert-OH is 1. The summed E-state index contributed by atoms with van der Waals surface area (Å²) >= 11 is 2.92. The summed E-state index contributed by atoms with van der Waals surface area (Å²) in [6, 6.07) is 1.17. The maximum atomic E-state index is 12.8. The van der Waals surface area contributed by atoms with Crippen molar-refractivity contribution in [3.63, 3.8) is 0 Å². The van der Waals surface area contributed by atoms with Gasteiger partial charge < -0.3 is 5.11 Å². The highest BCUT2D eigenvalue weighted by atomic mass is 79.9. The smallest absolute Gasteiger partial charge is 0.296 e. The second kappa shape index (κ2) is 3.45. The predicted octanol–water partition coefficient (Wildman–Crippen LogP) is 1.93. The number of halogens is 3. The molecule has 0 aliphatic rings. The van der Waals surface area contributed by atoms with Crippen LogP contribution in [0.3, 0.4) is 0 Å². The van der Waals surface area contributed by atoms with Crippen LogP contribution < -0.4 is 0 Å². The van der Waals surface area contributed by atoms with E-state index in [0.29, 0.717) is 0 Å². The first-order chi connectivity index (χ1) is 5.58. The van der Waals surface area contributed by atoms with Gasteiger partial charge in [-0.25, -0.2) is 0 Å². The predicted molar refractivity (Wildman–Crippen MR) is 42.9 cm³/mol. The van der Waals surface area contributed by atoms with Gasteiger partial charge in [0.2, 0.25) is 0 Å². The van der Waals surface area contributed by atoms with Gasteiger partial charge in [-0.05, 0) is 22.0 Å². The van der Waals surface area contributed by atoms with Gasteiger partial charge in [-0.3, -0.25) is 4.98 Å². The van der Waals surface area contributed by atoms with E-state index in [0.717, 1.165) is 0 Å². The molecule has 0 aromatic carbocycles. The molecule has 2 nitrogen and oxygen atoms in total. The molecule has 0 fully saturated rings. The Morgan fingerprint density at radius 3 is 2.75 bits per heavy atom. The van der Waals surface area contributed by atoms with Crippen LogP contribution >= 0.6 is 15.9 Å². The third kappa shape index (κ3) is 1.78. The fourth-order valence-electron chi connectivity index (χ4n) is 0.757. The number of aromatic nitrogens is 1. The molecular formula is C7H6BrF2NO. The third-order valence-corrected chi connectivity index (χ3v) is 2.00. The Kier molecular flexibility index (Phi) is 2.74. The lowest BCUT2D eigenvalue weighted by molar-refractivity contribution is -0.0562. The lowest BCUT2D eigenvalue weighted by atomic mass is 10.1. The molecular weight excluding hydrogens is 232 g/mol. The standard InChI is InChI=1S/C7H6BrF2NO/c8-6-3-11-2-1-5(6)7(9,10)4-12/h1-3,12H,4H2. The summed E-state index contributed by atoms with van der Waals surface area (Å²) in [5, 5.41) is 8.38. The van der Waals surface area contributed by atoms with Gasteiger partial charge in [0.05, 0.1) is 0 Å². The molecule has 0 aliphatic carbocycles. The summed E-state index contributed by atoms with van der Waals surface area (Å²) in [6.07, 6.45) is 2.52. The van der Waals surface area contributed by atoms with E-state index in [4.69, 9.17) is 5.11 Å². The molecule has 0 saturated heterocycles. The number of hydrogen-bond acceptors (Lipinski definition) is 2. The van der Waals surface area contributed by atoms with E-state index in [-0.39, 0.29) is 10.0 Å². The van der Waals surface area contributed by atoms with Crippen molar-refractivity contribution in [3.05, 3.63) is 28.5 Å². The zero-order valence-electron chi connectivity index (χ0n) is 5.97. The van der Waals surface area contributed by atoms with Gasteiger partial charge in [-0.1, -0.05) is 0 Å². The lowest BCUT2D eigenvalue weighted by Crippen LogP contribution is -2.19. The fourth-order valence-corrected chi connectivity index (χ4v) is 1.30. The highest BCUT2D eigenvalue weighted by Gasteiger charge is 2.32. The summed E-state index contributed by atoms with van der Waals surface area (Å²) < 4.78 is 25.9. The van der Waals surface area contributed by atoms with Gasteiger partial charge in [-0.2, -0.15) is 8.78 Å². The van der Waals surface area contributed by atoms with E-state index in [9.17, 15) is 8.78 Å². The summed E-state index contributed by atoms with van der Waals surface area (Å²) in [5.74, 6) is -3.21. The largest absolute Gasteiger partial charge is 0.390 e. The highest BCUT2D eigenvalue weighted by molar-refractivity contribution is 9.10. The first-order valence-corrected chi connectivity index (χ1v) is 3.96. The van der Waals surface area contributed by atoms with Crippen molar-refractivity contribution in [3.8, 4) is 0 Å². The van der Waals surface area contributed by atoms with Crippen molar-refractivity contribution in [2.24, 2.45) is 0 Å². The molecule has 0 saturated carbocycles. The van der Waals surface area contributed by atoms with E-state index < -0.39 is 12.5 Å². The first-order valence-electron chi connectivity index (χ1n) is 3.16. The van der Waals surface area contributed by atoms with Crippen LogP contribution in [0.15, 0.2) is 22.9 Å². The number of aliphatic hydroxyl groups is 1. The van der Waals surface area contributed by atoms with E-state index in [1.807, 2.05) is 0 Å². The normalized spacial score (nSPS) is 11.7. The van der Waals surface area contributed by atoms with Gasteiger partial charge in [0.1, 0.15) is 6.61 Å². The maximum absolute atomic E-state index is 12.8. The molecule has 1 aromatic heterocycles. The van der Waals surface area contributed by atoms with Crippen LogP contribution in [0.5, 0.6) is 0 Å². The molecule has 0 bridgehead atoms. The molecule has 0 spiro atoms. The molecule has 5 heteroatoms. The average Bonchev–Trinajstić information content (AvgIpc) is 2.05. The topological polar surface area (TPSA) is 33.1 Å². The third-order valence-electron chi connectivity index (χ3n) is 1.37. The second-order valence-electron chi connectivity index (χ2n) is 2.22. The summed E-state index contributed by atoms with van der Waals surface area (Å²) in [6.45, 7) is -1.20. The Bertz CT molecular complexity index is 280. The van der Waals surface area contributed by atoms with Crippen LogP contribution in [0.1, 0.15) is 5.56 Å². The Balaban J connectivity index is 3.10. The van der Waals surface area contributed by atoms with Crippen molar-refractivity contribution in [2.75, 3.05) is 6.61 Å². The van der Waals surface area contributed by atoms with Gasteiger partial charge in [-0.15, -0.1) is 0 Å². The monoisotopic (exact) mass is 237 g/mol. The molecule has 0 atom stereocenters. The number of alkyl halides is 2. The van der Waals surface area contributed by atoms with Crippen LogP contribution in [0, 0.1) is 0 Å². The van der Waals surface area contributed by atoms with E-state index >= 15 is 0 Å². The maximum Gasteiger partial charge on any atom is 0.296 e. The van der Waals surface area contributed by atoms with E-state index in [1.165, 1.54) is 18.5 Å². The van der Waals surface area contributed by atoms with Crippen LogP contribution in [-0.4, -0.2) is 16.7 Å². The van der Waals surface area contributed by atoms with Crippen LogP contribution in [0.25, 0.3) is 0 Å². The molecule has 12 heavy (non-hydrogen) atoms. The Hall–Kier alpha value is -0.550. The van der Waals surface area contributed by atoms with Gasteiger partial charge in [0.25, 0.3) is 5.92 Å². The van der Waals surface area contributed by atoms with Crippen molar-refractivity contribution in [1.29, 1.82) is 0 Å². The van der Waals surface area contributed by atoms with Gasteiger partial charge >= 0.3 is 0 Å². The molecule has 1 aromatic rings. The fraction of sp³-hybridized carbons (Fsp3) is 0.286. The Morgan fingerprint density at radius 2 is 2.25 bits per heavy atom. The van der Waals surface area contributed by atoms with Crippen LogP contribution in [-0.2, 0) is 5.92 Å².